The van der Waals surface area contributed by atoms with Crippen LogP contribution in [0.5, 0.6) is 0 Å². The van der Waals surface area contributed by atoms with Gasteiger partial charge in [0.15, 0.2) is 0 Å². The minimum atomic E-state index is -4.86. The summed E-state index contributed by atoms with van der Waals surface area (Å²) in [5.41, 5.74) is 3.98. The summed E-state index contributed by atoms with van der Waals surface area (Å²) in [6, 6.07) is 4.47. The summed E-state index contributed by atoms with van der Waals surface area (Å²) in [4.78, 5) is 4.06. The molecule has 0 spiro atoms. The molecule has 1 aromatic carbocycles. The summed E-state index contributed by atoms with van der Waals surface area (Å²) >= 11 is 0. The third kappa shape index (κ3) is 4.14. The van der Waals surface area contributed by atoms with Gasteiger partial charge in [0.1, 0.15) is 0 Å². The summed E-state index contributed by atoms with van der Waals surface area (Å²) in [5.74, 6) is 0. The van der Waals surface area contributed by atoms with Crippen LogP contribution in [-0.2, 0) is 18.8 Å². The van der Waals surface area contributed by atoms with Crippen molar-refractivity contribution in [2.45, 2.75) is 25.7 Å². The van der Waals surface area contributed by atoms with Crippen LogP contribution in [0, 0.1) is 6.92 Å². The molecule has 0 radical (unpaired) electrons. The Labute approximate surface area is 128 Å². The quantitative estimate of drug-likeness (QED) is 0.815. The number of hydrogen-bond donors (Lipinski definition) is 1. The smallest absolute Gasteiger partial charge is 0.397 e. The Morgan fingerprint density at radius 2 is 1.43 bits per heavy atom. The van der Waals surface area contributed by atoms with Crippen LogP contribution in [0.25, 0.3) is 0 Å². The molecule has 0 aliphatic heterocycles. The third-order valence-electron chi connectivity index (χ3n) is 3.22. The van der Waals surface area contributed by atoms with Gasteiger partial charge in [0.25, 0.3) is 0 Å². The Hall–Kier alpha value is -2.25. The molecule has 1 heterocycles. The molecule has 1 aromatic heterocycles. The lowest BCUT2D eigenvalue weighted by molar-refractivity contribution is -0.143. The van der Waals surface area contributed by atoms with Gasteiger partial charge in [-0.15, -0.1) is 0 Å². The highest BCUT2D eigenvalue weighted by atomic mass is 19.4. The number of nitrogens with zero attached hydrogens (tertiary/aromatic N) is 1. The average molecular weight is 334 g/mol. The van der Waals surface area contributed by atoms with Crippen LogP contribution in [0.2, 0.25) is 0 Å². The highest BCUT2D eigenvalue weighted by molar-refractivity contribution is 5.43. The molecule has 0 aliphatic carbocycles. The second kappa shape index (κ2) is 5.75. The Morgan fingerprint density at radius 1 is 0.913 bits per heavy atom. The largest absolute Gasteiger partial charge is 0.416 e. The number of nitrogens with two attached hydrogens (primary N) is 1. The number of hydrogen-bond acceptors (Lipinski definition) is 2. The van der Waals surface area contributed by atoms with E-state index in [-0.39, 0.29) is 18.1 Å². The van der Waals surface area contributed by atoms with E-state index in [0.29, 0.717) is 29.2 Å². The molecule has 2 aromatic rings. The van der Waals surface area contributed by atoms with Gasteiger partial charge < -0.3 is 5.73 Å². The Balaban J connectivity index is 2.46. The second-order valence-corrected chi connectivity index (χ2v) is 5.07. The molecule has 0 saturated carbocycles. The molecule has 2 rings (SSSR count). The van der Waals surface area contributed by atoms with Crippen molar-refractivity contribution < 1.29 is 26.3 Å². The lowest BCUT2D eigenvalue weighted by atomic mass is 10.0. The fourth-order valence-electron chi connectivity index (χ4n) is 2.05. The fraction of sp³-hybridized carbons (Fsp3) is 0.267. The van der Waals surface area contributed by atoms with E-state index in [9.17, 15) is 26.3 Å². The zero-order valence-corrected chi connectivity index (χ0v) is 11.9. The highest BCUT2D eigenvalue weighted by Crippen LogP contribution is 2.36. The van der Waals surface area contributed by atoms with Crippen molar-refractivity contribution in [3.63, 3.8) is 0 Å². The van der Waals surface area contributed by atoms with Crippen LogP contribution in [0.3, 0.4) is 0 Å². The summed E-state index contributed by atoms with van der Waals surface area (Å²) in [7, 11) is 0. The van der Waals surface area contributed by atoms with Crippen molar-refractivity contribution in [2.75, 3.05) is 5.73 Å². The normalized spacial score (nSPS) is 12.5. The first-order valence-corrected chi connectivity index (χ1v) is 6.47. The van der Waals surface area contributed by atoms with E-state index >= 15 is 0 Å². The standard InChI is InChI=1S/C15H12F6N2/c1-8-13(22)3-2-12(23-8)6-9-4-10(14(16,17)18)7-11(5-9)15(19,20)21/h2-5,7H,6,22H2,1H3. The van der Waals surface area contributed by atoms with E-state index in [1.165, 1.54) is 12.1 Å². The molecule has 0 aliphatic rings. The van der Waals surface area contributed by atoms with Crippen molar-refractivity contribution in [3.05, 3.63) is 58.4 Å². The number of alkyl halides is 6. The maximum Gasteiger partial charge on any atom is 0.416 e. The van der Waals surface area contributed by atoms with Gasteiger partial charge in [-0.25, -0.2) is 0 Å². The topological polar surface area (TPSA) is 38.9 Å². The van der Waals surface area contributed by atoms with Gasteiger partial charge in [0.2, 0.25) is 0 Å². The van der Waals surface area contributed by atoms with Crippen molar-refractivity contribution in [3.8, 4) is 0 Å². The van der Waals surface area contributed by atoms with Crippen molar-refractivity contribution in [2.24, 2.45) is 0 Å². The minimum Gasteiger partial charge on any atom is -0.397 e. The molecule has 0 amide bonds. The predicted octanol–water partition coefficient (Wildman–Crippen LogP) is 4.60. The molecule has 2 N–H and O–H groups in total. The molecule has 0 saturated heterocycles. The molecule has 23 heavy (non-hydrogen) atoms. The zero-order valence-electron chi connectivity index (χ0n) is 11.9. The molecule has 8 heteroatoms. The molecule has 2 nitrogen and oxygen atoms in total. The fourth-order valence-corrected chi connectivity index (χ4v) is 2.05. The van der Waals surface area contributed by atoms with Crippen molar-refractivity contribution in [1.82, 2.24) is 4.98 Å². The van der Waals surface area contributed by atoms with E-state index in [2.05, 4.69) is 4.98 Å². The van der Waals surface area contributed by atoms with Crippen molar-refractivity contribution >= 4 is 5.69 Å². The monoisotopic (exact) mass is 334 g/mol. The first-order valence-electron chi connectivity index (χ1n) is 6.47. The SMILES string of the molecule is Cc1nc(Cc2cc(C(F)(F)F)cc(C(F)(F)F)c2)ccc1N. The highest BCUT2D eigenvalue weighted by Gasteiger charge is 2.36. The summed E-state index contributed by atoms with van der Waals surface area (Å²) < 4.78 is 76.8. The predicted molar refractivity (Wildman–Crippen MR) is 72.6 cm³/mol. The van der Waals surface area contributed by atoms with Crippen LogP contribution in [0.1, 0.15) is 28.1 Å². The van der Waals surface area contributed by atoms with E-state index < -0.39 is 23.5 Å². The number of benzene rings is 1. The Morgan fingerprint density at radius 3 is 1.87 bits per heavy atom. The number of rotatable bonds is 2. The Bertz CT molecular complexity index is 687. The van der Waals surface area contributed by atoms with Gasteiger partial charge in [-0.1, -0.05) is 0 Å². The maximum atomic E-state index is 12.8. The number of aromatic nitrogens is 1. The average Bonchev–Trinajstić information content (AvgIpc) is 2.41. The molecule has 0 fully saturated rings. The number of pyridine rings is 1. The van der Waals surface area contributed by atoms with Crippen LogP contribution in [0.15, 0.2) is 30.3 Å². The van der Waals surface area contributed by atoms with Gasteiger partial charge in [-0.05, 0) is 42.8 Å². The number of aryl methyl sites for hydroxylation is 1. The molecular formula is C15H12F6N2. The van der Waals surface area contributed by atoms with E-state index in [1.54, 1.807) is 6.92 Å². The maximum absolute atomic E-state index is 12.8. The van der Waals surface area contributed by atoms with E-state index in [0.717, 1.165) is 0 Å². The molecular weight excluding hydrogens is 322 g/mol. The second-order valence-electron chi connectivity index (χ2n) is 5.07. The molecule has 0 unspecified atom stereocenters. The molecule has 124 valence electrons. The first-order chi connectivity index (χ1) is 10.5. The molecule has 0 bridgehead atoms. The lowest BCUT2D eigenvalue weighted by Crippen LogP contribution is -2.12. The number of anilines is 1. The van der Waals surface area contributed by atoms with Crippen molar-refractivity contribution in [1.29, 1.82) is 0 Å². The summed E-state index contributed by atoms with van der Waals surface area (Å²) in [5, 5.41) is 0. The zero-order chi connectivity index (χ0) is 17.4. The van der Waals surface area contributed by atoms with Crippen LogP contribution in [0.4, 0.5) is 32.0 Å². The van der Waals surface area contributed by atoms with Gasteiger partial charge in [-0.3, -0.25) is 4.98 Å². The van der Waals surface area contributed by atoms with Gasteiger partial charge >= 0.3 is 12.4 Å². The molecule has 0 atom stereocenters. The van der Waals surface area contributed by atoms with Crippen LogP contribution < -0.4 is 5.73 Å². The summed E-state index contributed by atoms with van der Waals surface area (Å²) in [6.45, 7) is 1.60. The third-order valence-corrected chi connectivity index (χ3v) is 3.22. The van der Waals surface area contributed by atoms with Gasteiger partial charge in [-0.2, -0.15) is 26.3 Å². The van der Waals surface area contributed by atoms with Gasteiger partial charge in [0, 0.05) is 12.1 Å². The lowest BCUT2D eigenvalue weighted by Gasteiger charge is -2.14. The van der Waals surface area contributed by atoms with Gasteiger partial charge in [0.05, 0.1) is 22.5 Å². The van der Waals surface area contributed by atoms with Crippen LogP contribution >= 0.6 is 0 Å². The number of nitrogen functional groups attached to an aromatic ring is 1. The first kappa shape index (κ1) is 17.1. The van der Waals surface area contributed by atoms with E-state index in [1.807, 2.05) is 0 Å². The minimum absolute atomic E-state index is 0.102. The van der Waals surface area contributed by atoms with E-state index in [4.69, 9.17) is 5.73 Å². The van der Waals surface area contributed by atoms with Crippen LogP contribution in [-0.4, -0.2) is 4.98 Å². The number of halogens is 6. The Kier molecular flexibility index (Phi) is 4.28. The summed E-state index contributed by atoms with van der Waals surface area (Å²) in [6.07, 6.45) is -9.88.